The maximum atomic E-state index is 12.6. The maximum Gasteiger partial charge on any atom is 0.258 e. The number of benzene rings is 2. The molecule has 23 heavy (non-hydrogen) atoms. The van der Waals surface area contributed by atoms with E-state index in [-0.39, 0.29) is 11.1 Å². The average Bonchev–Trinajstić information content (AvgIpc) is 2.54. The molecule has 5 heteroatoms. The van der Waals surface area contributed by atoms with E-state index in [1.165, 1.54) is 0 Å². The van der Waals surface area contributed by atoms with Crippen LogP contribution in [-0.4, -0.2) is 16.9 Å². The van der Waals surface area contributed by atoms with Gasteiger partial charge in [0.15, 0.2) is 0 Å². The van der Waals surface area contributed by atoms with Gasteiger partial charge in [-0.3, -0.25) is 9.78 Å². The summed E-state index contributed by atoms with van der Waals surface area (Å²) in [6.07, 6.45) is 0. The van der Waals surface area contributed by atoms with Gasteiger partial charge >= 0.3 is 0 Å². The van der Waals surface area contributed by atoms with Crippen LogP contribution in [0.2, 0.25) is 0 Å². The van der Waals surface area contributed by atoms with Gasteiger partial charge in [-0.2, -0.15) is 0 Å². The summed E-state index contributed by atoms with van der Waals surface area (Å²) in [5.74, 6) is -1.92. The Balaban J connectivity index is 2.16. The molecule has 0 saturated heterocycles. The van der Waals surface area contributed by atoms with Crippen LogP contribution in [0.3, 0.4) is 0 Å². The van der Waals surface area contributed by atoms with Crippen LogP contribution in [0.25, 0.3) is 10.9 Å². The Labute approximate surface area is 132 Å². The lowest BCUT2D eigenvalue weighted by atomic mass is 10.00. The molecule has 2 aromatic carbocycles. The zero-order chi connectivity index (χ0) is 16.4. The van der Waals surface area contributed by atoms with E-state index < -0.39 is 11.9 Å². The number of nitrogens with zero attached hydrogens (tertiary/aromatic N) is 1. The van der Waals surface area contributed by atoms with E-state index in [1.807, 2.05) is 6.07 Å². The number of carbonyl (C=O) groups is 2. The number of hydrogen-bond acceptors (Lipinski definition) is 4. The third kappa shape index (κ3) is 2.76. The van der Waals surface area contributed by atoms with Gasteiger partial charge in [-0.1, -0.05) is 36.4 Å². The minimum atomic E-state index is -1.40. The van der Waals surface area contributed by atoms with Gasteiger partial charge in [-0.15, -0.1) is 0 Å². The van der Waals surface area contributed by atoms with E-state index in [0.29, 0.717) is 22.3 Å². The van der Waals surface area contributed by atoms with Gasteiger partial charge in [-0.05, 0) is 25.1 Å². The first-order chi connectivity index (χ1) is 11.1. The molecular formula is C18H13N2O3-. The molecule has 0 unspecified atom stereocenters. The summed E-state index contributed by atoms with van der Waals surface area (Å²) < 4.78 is 0. The fraction of sp³-hybridized carbons (Fsp3) is 0.0556. The third-order valence-electron chi connectivity index (χ3n) is 3.54. The lowest BCUT2D eigenvalue weighted by Gasteiger charge is -2.16. The van der Waals surface area contributed by atoms with Crippen LogP contribution in [0.1, 0.15) is 26.4 Å². The average molecular weight is 305 g/mol. The van der Waals surface area contributed by atoms with Crippen molar-refractivity contribution in [2.45, 2.75) is 6.92 Å². The smallest absolute Gasteiger partial charge is 0.258 e. The lowest BCUT2D eigenvalue weighted by molar-refractivity contribution is -0.254. The van der Waals surface area contributed by atoms with Crippen LogP contribution in [0.4, 0.5) is 5.69 Å². The minimum absolute atomic E-state index is 0.0209. The second kappa shape index (κ2) is 5.88. The maximum absolute atomic E-state index is 12.6. The second-order valence-electron chi connectivity index (χ2n) is 5.07. The van der Waals surface area contributed by atoms with Crippen molar-refractivity contribution in [3.05, 3.63) is 71.4 Å². The number of aromatic carboxylic acids is 1. The van der Waals surface area contributed by atoms with Crippen molar-refractivity contribution >= 4 is 28.5 Å². The molecule has 0 atom stereocenters. The van der Waals surface area contributed by atoms with Gasteiger partial charge in [0.2, 0.25) is 0 Å². The standard InChI is InChI=1S/C18H14N2O3/c1-11-15(17(21)20-12-7-3-2-4-8-12)16(18(22)23)13-9-5-6-10-14(13)19-11/h2-10H,1H3,(H,20,21)(H,22,23)/p-1. The zero-order valence-electron chi connectivity index (χ0n) is 12.4. The van der Waals surface area contributed by atoms with Crippen LogP contribution >= 0.6 is 0 Å². The molecule has 0 saturated carbocycles. The topological polar surface area (TPSA) is 82.1 Å². The Hall–Kier alpha value is -3.21. The first-order valence-corrected chi connectivity index (χ1v) is 7.05. The molecule has 0 radical (unpaired) electrons. The van der Waals surface area contributed by atoms with Gasteiger partial charge in [-0.25, -0.2) is 0 Å². The van der Waals surface area contributed by atoms with E-state index in [9.17, 15) is 14.7 Å². The molecule has 1 N–H and O–H groups in total. The Morgan fingerprint density at radius 2 is 1.61 bits per heavy atom. The number of aromatic nitrogens is 1. The normalized spacial score (nSPS) is 10.5. The number of amides is 1. The fourth-order valence-corrected chi connectivity index (χ4v) is 2.54. The van der Waals surface area contributed by atoms with Gasteiger partial charge in [0, 0.05) is 16.6 Å². The number of fused-ring (bicyclic) bond motifs is 1. The van der Waals surface area contributed by atoms with Crippen LogP contribution in [0, 0.1) is 6.92 Å². The highest BCUT2D eigenvalue weighted by molar-refractivity contribution is 6.16. The molecule has 0 aliphatic heterocycles. The minimum Gasteiger partial charge on any atom is -0.545 e. The highest BCUT2D eigenvalue weighted by atomic mass is 16.4. The van der Waals surface area contributed by atoms with E-state index in [2.05, 4.69) is 10.3 Å². The number of carboxylic acids is 1. The molecule has 0 aliphatic carbocycles. The van der Waals surface area contributed by atoms with Crippen molar-refractivity contribution in [1.82, 2.24) is 4.98 Å². The molecule has 114 valence electrons. The van der Waals surface area contributed by atoms with Crippen molar-refractivity contribution in [3.63, 3.8) is 0 Å². The molecule has 5 nitrogen and oxygen atoms in total. The van der Waals surface area contributed by atoms with E-state index in [1.54, 1.807) is 55.5 Å². The van der Waals surface area contributed by atoms with E-state index in [0.717, 1.165) is 0 Å². The summed E-state index contributed by atoms with van der Waals surface area (Å²) in [5.41, 5.74) is 1.32. The quantitative estimate of drug-likeness (QED) is 0.804. The molecule has 0 bridgehead atoms. The first-order valence-electron chi connectivity index (χ1n) is 7.05. The summed E-state index contributed by atoms with van der Waals surface area (Å²) in [6.45, 7) is 1.61. The Morgan fingerprint density at radius 1 is 0.957 bits per heavy atom. The number of aryl methyl sites for hydroxylation is 1. The number of hydrogen-bond donors (Lipinski definition) is 1. The molecule has 3 rings (SSSR count). The molecule has 1 amide bonds. The van der Waals surface area contributed by atoms with Gasteiger partial charge in [0.25, 0.3) is 5.91 Å². The summed E-state index contributed by atoms with van der Waals surface area (Å²) in [4.78, 5) is 28.5. The van der Waals surface area contributed by atoms with Gasteiger partial charge in [0.1, 0.15) is 0 Å². The predicted molar refractivity (Wildman–Crippen MR) is 85.2 cm³/mol. The molecular weight excluding hydrogens is 292 g/mol. The Bertz CT molecular complexity index is 905. The summed E-state index contributed by atoms with van der Waals surface area (Å²) in [5, 5.41) is 14.7. The molecule has 0 aliphatic rings. The zero-order valence-corrected chi connectivity index (χ0v) is 12.4. The van der Waals surface area contributed by atoms with Crippen LogP contribution < -0.4 is 10.4 Å². The van der Waals surface area contributed by atoms with Gasteiger partial charge < -0.3 is 15.2 Å². The molecule has 0 spiro atoms. The number of anilines is 1. The fourth-order valence-electron chi connectivity index (χ4n) is 2.54. The summed E-state index contributed by atoms with van der Waals surface area (Å²) >= 11 is 0. The van der Waals surface area contributed by atoms with Crippen LogP contribution in [0.5, 0.6) is 0 Å². The van der Waals surface area contributed by atoms with Gasteiger partial charge in [0.05, 0.1) is 22.7 Å². The molecule has 1 heterocycles. The van der Waals surface area contributed by atoms with E-state index >= 15 is 0 Å². The monoisotopic (exact) mass is 305 g/mol. The highest BCUT2D eigenvalue weighted by Crippen LogP contribution is 2.24. The largest absolute Gasteiger partial charge is 0.545 e. The predicted octanol–water partition coefficient (Wildman–Crippen LogP) is 2.16. The third-order valence-corrected chi connectivity index (χ3v) is 3.54. The lowest BCUT2D eigenvalue weighted by Crippen LogP contribution is -2.28. The number of carbonyl (C=O) groups excluding carboxylic acids is 2. The van der Waals surface area contributed by atoms with Crippen molar-refractivity contribution in [3.8, 4) is 0 Å². The molecule has 3 aromatic rings. The number of pyridine rings is 1. The number of carboxylic acid groups (broad SMARTS) is 1. The highest BCUT2D eigenvalue weighted by Gasteiger charge is 2.19. The second-order valence-corrected chi connectivity index (χ2v) is 5.07. The van der Waals surface area contributed by atoms with Crippen molar-refractivity contribution in [1.29, 1.82) is 0 Å². The van der Waals surface area contributed by atoms with Crippen molar-refractivity contribution in [2.75, 3.05) is 5.32 Å². The van der Waals surface area contributed by atoms with E-state index in [4.69, 9.17) is 0 Å². The van der Waals surface area contributed by atoms with Crippen LogP contribution in [-0.2, 0) is 0 Å². The SMILES string of the molecule is Cc1nc2ccccc2c(C(=O)[O-])c1C(=O)Nc1ccccc1. The number of rotatable bonds is 3. The van der Waals surface area contributed by atoms with Crippen LogP contribution in [0.15, 0.2) is 54.6 Å². The Morgan fingerprint density at radius 3 is 2.30 bits per heavy atom. The Kier molecular flexibility index (Phi) is 3.76. The number of para-hydroxylation sites is 2. The van der Waals surface area contributed by atoms with Crippen molar-refractivity contribution in [2.24, 2.45) is 0 Å². The number of nitrogens with one attached hydrogen (secondary N) is 1. The summed E-state index contributed by atoms with van der Waals surface area (Å²) in [6, 6.07) is 15.6. The summed E-state index contributed by atoms with van der Waals surface area (Å²) in [7, 11) is 0. The van der Waals surface area contributed by atoms with Crippen molar-refractivity contribution < 1.29 is 14.7 Å². The first kappa shape index (κ1) is 14.7. The molecule has 0 fully saturated rings. The molecule has 1 aromatic heterocycles.